The molecule has 65 heavy (non-hydrogen) atoms. The Bertz CT molecular complexity index is 2660. The van der Waals surface area contributed by atoms with E-state index in [1.54, 1.807) is 36.1 Å². The van der Waals surface area contributed by atoms with E-state index in [1.165, 1.54) is 28.4 Å². The molecule has 3 saturated heterocycles. The number of hydrogen-bond acceptors (Lipinski definition) is 10. The van der Waals surface area contributed by atoms with E-state index in [0.717, 1.165) is 61.9 Å². The summed E-state index contributed by atoms with van der Waals surface area (Å²) in [4.78, 5) is 79.3. The third-order valence-corrected chi connectivity index (χ3v) is 14.5. The van der Waals surface area contributed by atoms with E-state index in [0.29, 0.717) is 66.8 Å². The number of rotatable bonds is 11. The Morgan fingerprint density at radius 2 is 1.63 bits per heavy atom. The molecular formula is C48H49F2N9O5S. The molecule has 17 heteroatoms. The molecule has 0 saturated carbocycles. The minimum absolute atomic E-state index is 0.0313. The second-order valence-corrected chi connectivity index (χ2v) is 18.6. The van der Waals surface area contributed by atoms with Crippen molar-refractivity contribution in [1.29, 1.82) is 0 Å². The Morgan fingerprint density at radius 1 is 0.846 bits per heavy atom. The van der Waals surface area contributed by atoms with Gasteiger partial charge < -0.3 is 19.7 Å². The lowest BCUT2D eigenvalue weighted by Gasteiger charge is -2.36. The number of benzene rings is 3. The number of aromatic nitrogens is 3. The first-order valence-electron chi connectivity index (χ1n) is 22.4. The molecule has 3 N–H and O–H groups in total. The average Bonchev–Trinajstić information content (AvgIpc) is 4.13. The first-order chi connectivity index (χ1) is 31.6. The molecule has 10 rings (SSSR count). The van der Waals surface area contributed by atoms with Crippen LogP contribution in [0.5, 0.6) is 0 Å². The maximum absolute atomic E-state index is 16.0. The van der Waals surface area contributed by atoms with Gasteiger partial charge >= 0.3 is 0 Å². The molecule has 3 fully saturated rings. The number of anilines is 2. The van der Waals surface area contributed by atoms with Crippen molar-refractivity contribution in [2.24, 2.45) is 0 Å². The van der Waals surface area contributed by atoms with Crippen LogP contribution in [0, 0.1) is 11.6 Å². The Morgan fingerprint density at radius 3 is 2.37 bits per heavy atom. The molecule has 0 spiro atoms. The highest BCUT2D eigenvalue weighted by molar-refractivity contribution is 7.13. The Balaban J connectivity index is 0.725. The number of carbonyl (C=O) groups excluding carboxylic acids is 5. The number of hydrogen-bond donors (Lipinski definition) is 3. The van der Waals surface area contributed by atoms with Crippen LogP contribution in [0.1, 0.15) is 101 Å². The standard InChI is InChI=1S/C48H49F2N9O5S/c49-37-23-32(22-35-36(37)25-59(47(35)64)44(46(63)55-48-51-15-21-65-48)43-40-2-1-16-58(40)27-52-43)29-5-3-28(4-6-29)30-13-19-57(20-14-30)42(61)26-56-17-11-31(12-18-56)34-8-7-33(24-38(34)50)53-39-9-10-41(60)54-45(39)62/h3-8,15,21-24,27,30-31,39,44,53H,1-2,9-14,16-20,25-26H2,(H,51,55,63)(H,54,60,62). The molecule has 3 aromatic carbocycles. The highest BCUT2D eigenvalue weighted by Crippen LogP contribution is 2.39. The molecule has 2 unspecified atom stereocenters. The van der Waals surface area contributed by atoms with Gasteiger partial charge in [0.1, 0.15) is 17.7 Å². The SMILES string of the molecule is O=C1CCC(Nc2ccc(C3CCN(CC(=O)N4CCC(c5ccc(-c6cc(F)c7c(c6)C(=O)N(C(C(=O)Nc6nccs6)c6ncn8c6CCC8)C7)cc5)CC4)CC3)c(F)c2)C(=O)N1. The third kappa shape index (κ3) is 8.66. The van der Waals surface area contributed by atoms with Gasteiger partial charge in [-0.05, 0) is 116 Å². The Hall–Kier alpha value is -6.33. The second kappa shape index (κ2) is 17.9. The topological polar surface area (TPSA) is 162 Å². The van der Waals surface area contributed by atoms with Gasteiger partial charge in [0, 0.05) is 60.1 Å². The normalized spacial score (nSPS) is 19.8. The number of amides is 5. The molecule has 5 amide bonds. The number of nitrogens with one attached hydrogen (secondary N) is 3. The highest BCUT2D eigenvalue weighted by atomic mass is 32.1. The summed E-state index contributed by atoms with van der Waals surface area (Å²) in [6.07, 6.45) is 8.64. The van der Waals surface area contributed by atoms with Crippen LogP contribution in [-0.2, 0) is 38.7 Å². The zero-order valence-corrected chi connectivity index (χ0v) is 36.5. The summed E-state index contributed by atoms with van der Waals surface area (Å²) in [6, 6.07) is 14.5. The van der Waals surface area contributed by atoms with Crippen LogP contribution in [0.2, 0.25) is 0 Å². The molecule has 7 heterocycles. The van der Waals surface area contributed by atoms with Gasteiger partial charge in [-0.1, -0.05) is 30.3 Å². The zero-order chi connectivity index (χ0) is 44.8. The van der Waals surface area contributed by atoms with E-state index in [-0.39, 0.29) is 53.6 Å². The molecule has 0 aliphatic carbocycles. The quantitative estimate of drug-likeness (QED) is 0.128. The van der Waals surface area contributed by atoms with Crippen LogP contribution < -0.4 is 16.0 Å². The first-order valence-corrected chi connectivity index (χ1v) is 23.3. The summed E-state index contributed by atoms with van der Waals surface area (Å²) in [6.45, 7) is 3.72. The fraction of sp³-hybridized carbons (Fsp3) is 0.396. The minimum Gasteiger partial charge on any atom is -0.374 e. The van der Waals surface area contributed by atoms with Crippen molar-refractivity contribution in [1.82, 2.24) is 34.6 Å². The number of carbonyl (C=O) groups is 5. The van der Waals surface area contributed by atoms with E-state index < -0.39 is 35.6 Å². The van der Waals surface area contributed by atoms with Crippen LogP contribution in [0.15, 0.2) is 72.5 Å². The minimum atomic E-state index is -1.06. The molecular weight excluding hydrogens is 853 g/mol. The van der Waals surface area contributed by atoms with Crippen molar-refractivity contribution >= 4 is 51.7 Å². The fourth-order valence-corrected chi connectivity index (χ4v) is 10.8. The van der Waals surface area contributed by atoms with Crippen molar-refractivity contribution in [3.05, 3.63) is 118 Å². The van der Waals surface area contributed by atoms with Gasteiger partial charge in [-0.25, -0.2) is 18.7 Å². The van der Waals surface area contributed by atoms with Gasteiger partial charge in [0.25, 0.3) is 11.8 Å². The van der Waals surface area contributed by atoms with Crippen molar-refractivity contribution in [2.75, 3.05) is 43.4 Å². The van der Waals surface area contributed by atoms with E-state index in [9.17, 15) is 24.0 Å². The van der Waals surface area contributed by atoms with Gasteiger partial charge in [-0.3, -0.25) is 39.5 Å². The molecule has 5 aliphatic rings. The summed E-state index contributed by atoms with van der Waals surface area (Å²) < 4.78 is 33.2. The van der Waals surface area contributed by atoms with Crippen molar-refractivity contribution in [3.8, 4) is 11.1 Å². The first kappa shape index (κ1) is 42.6. The van der Waals surface area contributed by atoms with E-state index in [1.807, 2.05) is 33.7 Å². The fourth-order valence-electron chi connectivity index (χ4n) is 10.2. The maximum Gasteiger partial charge on any atom is 0.255 e. The van der Waals surface area contributed by atoms with E-state index in [2.05, 4.69) is 30.8 Å². The number of aryl methyl sites for hydroxylation is 1. The number of fused-ring (bicyclic) bond motifs is 2. The zero-order valence-electron chi connectivity index (χ0n) is 35.7. The number of imide groups is 1. The summed E-state index contributed by atoms with van der Waals surface area (Å²) in [5.41, 5.74) is 5.51. The van der Waals surface area contributed by atoms with Gasteiger partial charge in [0.15, 0.2) is 11.2 Å². The number of piperidine rings is 3. The molecule has 336 valence electrons. The molecule has 5 aromatic rings. The van der Waals surface area contributed by atoms with Crippen molar-refractivity contribution in [2.45, 2.75) is 88.4 Å². The third-order valence-electron chi connectivity index (χ3n) is 13.8. The molecule has 5 aliphatic heterocycles. The lowest BCUT2D eigenvalue weighted by molar-refractivity contribution is -0.134. The van der Waals surface area contributed by atoms with Crippen LogP contribution in [0.25, 0.3) is 11.1 Å². The lowest BCUT2D eigenvalue weighted by Crippen LogP contribution is -2.47. The van der Waals surface area contributed by atoms with Gasteiger partial charge in [0.2, 0.25) is 17.7 Å². The number of nitrogens with zero attached hydrogens (tertiary/aromatic N) is 6. The summed E-state index contributed by atoms with van der Waals surface area (Å²) in [7, 11) is 0. The maximum atomic E-state index is 16.0. The molecule has 14 nitrogen and oxygen atoms in total. The van der Waals surface area contributed by atoms with Crippen LogP contribution >= 0.6 is 11.3 Å². The van der Waals surface area contributed by atoms with E-state index >= 15 is 8.78 Å². The second-order valence-electron chi connectivity index (χ2n) is 17.7. The van der Waals surface area contributed by atoms with Crippen molar-refractivity contribution in [3.63, 3.8) is 0 Å². The highest BCUT2D eigenvalue weighted by Gasteiger charge is 2.42. The summed E-state index contributed by atoms with van der Waals surface area (Å²) >= 11 is 1.27. The van der Waals surface area contributed by atoms with Gasteiger partial charge in [-0.15, -0.1) is 11.3 Å². The molecule has 2 atom stereocenters. The molecule has 2 aromatic heterocycles. The lowest BCUT2D eigenvalue weighted by atomic mass is 9.88. The predicted molar refractivity (Wildman–Crippen MR) is 239 cm³/mol. The molecule has 0 radical (unpaired) electrons. The monoisotopic (exact) mass is 901 g/mol. The van der Waals surface area contributed by atoms with Gasteiger partial charge in [0.05, 0.1) is 25.1 Å². The smallest absolute Gasteiger partial charge is 0.255 e. The van der Waals surface area contributed by atoms with Crippen LogP contribution in [0.4, 0.5) is 19.6 Å². The van der Waals surface area contributed by atoms with Gasteiger partial charge in [-0.2, -0.15) is 0 Å². The molecule has 0 bridgehead atoms. The number of imidazole rings is 1. The number of halogens is 2. The van der Waals surface area contributed by atoms with Crippen LogP contribution in [0.3, 0.4) is 0 Å². The Labute approximate surface area is 378 Å². The largest absolute Gasteiger partial charge is 0.374 e. The number of thiazole rings is 1. The number of likely N-dealkylation sites (tertiary alicyclic amines) is 2. The predicted octanol–water partition coefficient (Wildman–Crippen LogP) is 6.37. The van der Waals surface area contributed by atoms with E-state index in [4.69, 9.17) is 0 Å². The van der Waals surface area contributed by atoms with Crippen LogP contribution in [-0.4, -0.2) is 97.5 Å². The van der Waals surface area contributed by atoms with Crippen molar-refractivity contribution < 1.29 is 32.8 Å². The Kier molecular flexibility index (Phi) is 11.7. The summed E-state index contributed by atoms with van der Waals surface area (Å²) in [5.74, 6) is -2.02. The average molecular weight is 902 g/mol. The summed E-state index contributed by atoms with van der Waals surface area (Å²) in [5, 5.41) is 10.4.